The molecule has 3 aliphatic heterocycles. The minimum atomic E-state index is -1.64. The molecule has 0 radical (unpaired) electrons. The molecule has 3 heterocycles. The van der Waals surface area contributed by atoms with Crippen LogP contribution < -0.4 is 10.1 Å². The Hall–Kier alpha value is -5.25. The zero-order valence-corrected chi connectivity index (χ0v) is 25.5. The molecule has 7 rings (SSSR count). The van der Waals surface area contributed by atoms with Gasteiger partial charge in [0, 0.05) is 11.3 Å². The second-order valence-electron chi connectivity index (χ2n) is 11.8. The summed E-state index contributed by atoms with van der Waals surface area (Å²) in [5, 5.41) is 12.7. The third-order valence-corrected chi connectivity index (χ3v) is 9.38. The summed E-state index contributed by atoms with van der Waals surface area (Å²) < 4.78 is 18.1. The van der Waals surface area contributed by atoms with Gasteiger partial charge in [0.2, 0.25) is 5.91 Å². The number of fused-ring (bicyclic) bond motifs is 3. The standard InChI is InChI=1S/C38H34N2O7/c1-2-22-46-35(42)30-32-36(43)47-33(25-15-7-4-8-16-25)31(24-13-5-3-6-14-24)40(32)34(26-17-9-12-20-29(26)45-23-21-41)38(30)27-18-10-11-19-28(27)39-37(38)44/h2-20,30-34,41H,1,21-23H2,(H,39,44). The Bertz CT molecular complexity index is 1810. The van der Waals surface area contributed by atoms with Crippen molar-refractivity contribution in [2.75, 3.05) is 25.1 Å². The highest BCUT2D eigenvalue weighted by molar-refractivity contribution is 6.11. The predicted molar refractivity (Wildman–Crippen MR) is 173 cm³/mol. The molecule has 47 heavy (non-hydrogen) atoms. The molecule has 9 nitrogen and oxygen atoms in total. The van der Waals surface area contributed by atoms with Crippen LogP contribution in [0.25, 0.3) is 0 Å². The Morgan fingerprint density at radius 3 is 2.28 bits per heavy atom. The van der Waals surface area contributed by atoms with Crippen molar-refractivity contribution in [2.45, 2.75) is 29.6 Å². The van der Waals surface area contributed by atoms with Gasteiger partial charge in [-0.2, -0.15) is 0 Å². The molecule has 4 aromatic carbocycles. The van der Waals surface area contributed by atoms with Crippen LogP contribution in [-0.4, -0.2) is 53.7 Å². The topological polar surface area (TPSA) is 114 Å². The molecule has 1 amide bonds. The summed E-state index contributed by atoms with van der Waals surface area (Å²) in [5.74, 6) is -2.68. The fourth-order valence-electron chi connectivity index (χ4n) is 7.71. The van der Waals surface area contributed by atoms with Gasteiger partial charge in [0.25, 0.3) is 0 Å². The summed E-state index contributed by atoms with van der Waals surface area (Å²) in [4.78, 5) is 45.7. The van der Waals surface area contributed by atoms with E-state index in [0.29, 0.717) is 22.6 Å². The lowest BCUT2D eigenvalue weighted by Crippen LogP contribution is -2.52. The van der Waals surface area contributed by atoms with Crippen LogP contribution >= 0.6 is 0 Å². The lowest BCUT2D eigenvalue weighted by molar-refractivity contribution is -0.180. The number of amides is 1. The number of nitrogens with zero attached hydrogens (tertiary/aromatic N) is 1. The molecule has 0 bridgehead atoms. The number of esters is 2. The fourth-order valence-corrected chi connectivity index (χ4v) is 7.71. The van der Waals surface area contributed by atoms with E-state index in [9.17, 15) is 19.5 Å². The van der Waals surface area contributed by atoms with Crippen molar-refractivity contribution >= 4 is 23.5 Å². The van der Waals surface area contributed by atoms with Crippen molar-refractivity contribution in [2.24, 2.45) is 5.92 Å². The lowest BCUT2D eigenvalue weighted by atomic mass is 9.65. The molecule has 6 unspecified atom stereocenters. The van der Waals surface area contributed by atoms with E-state index in [4.69, 9.17) is 14.2 Å². The number of rotatable bonds is 9. The van der Waals surface area contributed by atoms with Crippen LogP contribution in [0.2, 0.25) is 0 Å². The highest BCUT2D eigenvalue weighted by atomic mass is 16.6. The number of morpholine rings is 1. The smallest absolute Gasteiger partial charge is 0.325 e. The molecule has 3 aliphatic rings. The van der Waals surface area contributed by atoms with E-state index in [0.717, 1.165) is 11.1 Å². The van der Waals surface area contributed by atoms with Crippen LogP contribution in [0, 0.1) is 5.92 Å². The zero-order chi connectivity index (χ0) is 32.5. The number of anilines is 1. The monoisotopic (exact) mass is 630 g/mol. The Morgan fingerprint density at radius 1 is 0.894 bits per heavy atom. The van der Waals surface area contributed by atoms with E-state index < -0.39 is 53.4 Å². The first kappa shape index (κ1) is 30.4. The number of aliphatic hydroxyl groups is 1. The van der Waals surface area contributed by atoms with Crippen molar-refractivity contribution in [3.63, 3.8) is 0 Å². The van der Waals surface area contributed by atoms with Crippen LogP contribution in [0.1, 0.15) is 40.4 Å². The van der Waals surface area contributed by atoms with E-state index in [2.05, 4.69) is 11.9 Å². The molecule has 0 saturated carbocycles. The van der Waals surface area contributed by atoms with Gasteiger partial charge in [-0.1, -0.05) is 110 Å². The Morgan fingerprint density at radius 2 is 1.55 bits per heavy atom. The van der Waals surface area contributed by atoms with Gasteiger partial charge < -0.3 is 24.6 Å². The Balaban J connectivity index is 1.57. The van der Waals surface area contributed by atoms with Gasteiger partial charge in [0.15, 0.2) is 0 Å². The third kappa shape index (κ3) is 4.81. The largest absolute Gasteiger partial charge is 0.491 e. The Labute approximate surface area is 272 Å². The zero-order valence-electron chi connectivity index (χ0n) is 25.5. The second kappa shape index (κ2) is 12.5. The normalized spacial score (nSPS) is 26.2. The van der Waals surface area contributed by atoms with Crippen molar-refractivity contribution in [1.29, 1.82) is 0 Å². The predicted octanol–water partition coefficient (Wildman–Crippen LogP) is 5.06. The van der Waals surface area contributed by atoms with E-state index in [1.165, 1.54) is 6.08 Å². The number of aliphatic hydroxyl groups excluding tert-OH is 1. The van der Waals surface area contributed by atoms with Gasteiger partial charge >= 0.3 is 11.9 Å². The quantitative estimate of drug-likeness (QED) is 0.195. The Kier molecular flexibility index (Phi) is 8.09. The second-order valence-corrected chi connectivity index (χ2v) is 11.8. The molecule has 6 atom stereocenters. The van der Waals surface area contributed by atoms with Gasteiger partial charge in [0.1, 0.15) is 42.4 Å². The van der Waals surface area contributed by atoms with Crippen LogP contribution in [-0.2, 0) is 29.3 Å². The van der Waals surface area contributed by atoms with Crippen molar-refractivity contribution in [1.82, 2.24) is 4.90 Å². The highest BCUT2D eigenvalue weighted by Crippen LogP contribution is 2.65. The fraction of sp³-hybridized carbons (Fsp3) is 0.237. The van der Waals surface area contributed by atoms with Gasteiger partial charge in [-0.05, 0) is 28.8 Å². The number of carbonyl (C=O) groups excluding carboxylic acids is 3. The van der Waals surface area contributed by atoms with Gasteiger partial charge in [-0.15, -0.1) is 0 Å². The van der Waals surface area contributed by atoms with Crippen molar-refractivity contribution < 1.29 is 33.7 Å². The maximum Gasteiger partial charge on any atom is 0.325 e. The molecular weight excluding hydrogens is 596 g/mol. The van der Waals surface area contributed by atoms with Crippen LogP contribution in [0.15, 0.2) is 122 Å². The van der Waals surface area contributed by atoms with Gasteiger partial charge in [0.05, 0.1) is 18.7 Å². The van der Waals surface area contributed by atoms with Gasteiger partial charge in [-0.3, -0.25) is 19.3 Å². The molecule has 0 aromatic heterocycles. The molecule has 1 spiro atoms. The number of para-hydroxylation sites is 2. The number of cyclic esters (lactones) is 1. The summed E-state index contributed by atoms with van der Waals surface area (Å²) in [5.41, 5.74) is 1.65. The first-order valence-corrected chi connectivity index (χ1v) is 15.6. The van der Waals surface area contributed by atoms with E-state index in [1.807, 2.05) is 95.9 Å². The van der Waals surface area contributed by atoms with Crippen LogP contribution in [0.5, 0.6) is 5.75 Å². The number of carbonyl (C=O) groups is 3. The number of ether oxygens (including phenoxy) is 3. The molecule has 238 valence electrons. The minimum Gasteiger partial charge on any atom is -0.491 e. The molecule has 2 N–H and O–H groups in total. The van der Waals surface area contributed by atoms with E-state index in [1.54, 1.807) is 18.2 Å². The first-order chi connectivity index (χ1) is 23.0. The van der Waals surface area contributed by atoms with E-state index >= 15 is 0 Å². The molecular formula is C38H34N2O7. The maximum atomic E-state index is 14.8. The maximum absolute atomic E-state index is 14.8. The molecule has 4 aromatic rings. The first-order valence-electron chi connectivity index (χ1n) is 15.6. The van der Waals surface area contributed by atoms with E-state index in [-0.39, 0.29) is 19.8 Å². The summed E-state index contributed by atoms with van der Waals surface area (Å²) in [6, 6.07) is 30.8. The third-order valence-electron chi connectivity index (χ3n) is 9.38. The number of hydrogen-bond acceptors (Lipinski definition) is 8. The summed E-state index contributed by atoms with van der Waals surface area (Å²) in [6.07, 6.45) is 0.669. The lowest BCUT2D eigenvalue weighted by Gasteiger charge is -2.46. The highest BCUT2D eigenvalue weighted by Gasteiger charge is 2.74. The molecule has 2 saturated heterocycles. The summed E-state index contributed by atoms with van der Waals surface area (Å²) in [6.45, 7) is 3.37. The SMILES string of the molecule is C=CCOC(=O)C1C2C(=O)OC(c3ccccc3)C(c3ccccc3)N2C(c2ccccc2OCCO)C12C(=O)Nc1ccccc12. The summed E-state index contributed by atoms with van der Waals surface area (Å²) >= 11 is 0. The average Bonchev–Trinajstić information content (AvgIpc) is 3.59. The van der Waals surface area contributed by atoms with Gasteiger partial charge in [-0.25, -0.2) is 0 Å². The minimum absolute atomic E-state index is 0.00451. The molecule has 0 aliphatic carbocycles. The molecule has 9 heteroatoms. The average molecular weight is 631 g/mol. The number of nitrogens with one attached hydrogen (secondary N) is 1. The van der Waals surface area contributed by atoms with Crippen molar-refractivity contribution in [3.8, 4) is 5.75 Å². The number of benzene rings is 4. The van der Waals surface area contributed by atoms with Crippen molar-refractivity contribution in [3.05, 3.63) is 144 Å². The van der Waals surface area contributed by atoms with Crippen LogP contribution in [0.4, 0.5) is 5.69 Å². The molecule has 2 fully saturated rings. The number of hydrogen-bond donors (Lipinski definition) is 2. The summed E-state index contributed by atoms with van der Waals surface area (Å²) in [7, 11) is 0. The van der Waals surface area contributed by atoms with Crippen LogP contribution in [0.3, 0.4) is 0 Å².